The van der Waals surface area contributed by atoms with Crippen LogP contribution >= 0.6 is 38.5 Å². The van der Waals surface area contributed by atoms with Gasteiger partial charge in [-0.05, 0) is 41.6 Å². The molecule has 0 spiro atoms. The Morgan fingerprint density at radius 2 is 2.33 bits per heavy atom. The van der Waals surface area contributed by atoms with E-state index < -0.39 is 5.97 Å². The molecule has 0 aliphatic heterocycles. The van der Waals surface area contributed by atoms with E-state index in [1.807, 2.05) is 28.7 Å². The van der Waals surface area contributed by atoms with E-state index in [0.29, 0.717) is 21.3 Å². The maximum absolute atomic E-state index is 11.6. The molecule has 0 unspecified atom stereocenters. The smallest absolute Gasteiger partial charge is 0.340 e. The van der Waals surface area contributed by atoms with Crippen molar-refractivity contribution < 1.29 is 9.53 Å². The number of carbonyl (C=O) groups excluding carboxylic acids is 1. The Balaban J connectivity index is 3.28. The molecule has 15 heavy (non-hydrogen) atoms. The van der Waals surface area contributed by atoms with E-state index in [1.165, 1.54) is 0 Å². The molecule has 0 radical (unpaired) electrons. The molecule has 1 aromatic carbocycles. The molecule has 0 saturated heterocycles. The lowest BCUT2D eigenvalue weighted by atomic mass is 10.1. The quantitative estimate of drug-likeness (QED) is 0.586. The van der Waals surface area contributed by atoms with Crippen LogP contribution in [0.5, 0.6) is 0 Å². The minimum Gasteiger partial charge on any atom is -0.462 e. The van der Waals surface area contributed by atoms with Gasteiger partial charge in [-0.2, -0.15) is 5.26 Å². The average molecular weight is 380 g/mol. The molecule has 0 bridgehead atoms. The second-order valence-corrected chi connectivity index (χ2v) is 4.72. The van der Waals surface area contributed by atoms with Gasteiger partial charge < -0.3 is 4.74 Å². The molecule has 0 saturated carbocycles. The number of nitrogens with zero attached hydrogens (tertiary/aromatic N) is 1. The summed E-state index contributed by atoms with van der Waals surface area (Å²) in [7, 11) is 0. The summed E-state index contributed by atoms with van der Waals surface area (Å²) in [6.45, 7) is 2.03. The normalized spacial score (nSPS) is 9.47. The Labute approximate surface area is 110 Å². The van der Waals surface area contributed by atoms with Crippen molar-refractivity contribution in [3.63, 3.8) is 0 Å². The van der Waals surface area contributed by atoms with Crippen molar-refractivity contribution in [1.29, 1.82) is 5.26 Å². The Morgan fingerprint density at radius 1 is 1.67 bits per heavy atom. The number of esters is 1. The first-order valence-electron chi connectivity index (χ1n) is 4.16. The predicted molar refractivity (Wildman–Crippen MR) is 67.5 cm³/mol. The zero-order valence-corrected chi connectivity index (χ0v) is 11.6. The van der Waals surface area contributed by atoms with Crippen molar-refractivity contribution in [1.82, 2.24) is 0 Å². The lowest BCUT2D eigenvalue weighted by Gasteiger charge is -2.06. The van der Waals surface area contributed by atoms with Crippen molar-refractivity contribution in [3.8, 4) is 6.07 Å². The van der Waals surface area contributed by atoms with Gasteiger partial charge in [-0.1, -0.05) is 15.9 Å². The molecule has 0 aliphatic rings. The number of benzene rings is 1. The van der Waals surface area contributed by atoms with E-state index in [4.69, 9.17) is 10.00 Å². The topological polar surface area (TPSA) is 50.1 Å². The van der Waals surface area contributed by atoms with E-state index in [1.54, 1.807) is 19.1 Å². The lowest BCUT2D eigenvalue weighted by Crippen LogP contribution is -2.09. The molecule has 1 rings (SSSR count). The first-order valence-corrected chi connectivity index (χ1v) is 6.03. The van der Waals surface area contributed by atoms with Crippen molar-refractivity contribution in [2.45, 2.75) is 6.92 Å². The molecule has 1 aromatic rings. The summed E-state index contributed by atoms with van der Waals surface area (Å²) >= 11 is 5.28. The monoisotopic (exact) mass is 379 g/mol. The minimum atomic E-state index is -0.453. The fourth-order valence-corrected chi connectivity index (χ4v) is 2.80. The first-order chi connectivity index (χ1) is 7.10. The van der Waals surface area contributed by atoms with Crippen LogP contribution in [-0.2, 0) is 4.74 Å². The number of hydrogen-bond acceptors (Lipinski definition) is 3. The van der Waals surface area contributed by atoms with Gasteiger partial charge in [0.05, 0.1) is 17.7 Å². The maximum Gasteiger partial charge on any atom is 0.340 e. The van der Waals surface area contributed by atoms with Gasteiger partial charge >= 0.3 is 5.97 Å². The second-order valence-electron chi connectivity index (χ2n) is 2.64. The molecule has 0 amide bonds. The van der Waals surface area contributed by atoms with Crippen molar-refractivity contribution in [2.24, 2.45) is 0 Å². The van der Waals surface area contributed by atoms with Crippen molar-refractivity contribution in [3.05, 3.63) is 31.3 Å². The molecule has 0 fully saturated rings. The molecule has 0 aromatic heterocycles. The molecule has 0 aliphatic carbocycles. The summed E-state index contributed by atoms with van der Waals surface area (Å²) in [5.74, 6) is -0.453. The number of nitriles is 1. The zero-order valence-electron chi connectivity index (χ0n) is 7.88. The molecule has 0 atom stereocenters. The highest BCUT2D eigenvalue weighted by Gasteiger charge is 2.17. The molecule has 78 valence electrons. The summed E-state index contributed by atoms with van der Waals surface area (Å²) in [6.07, 6.45) is 0. The highest BCUT2D eigenvalue weighted by Crippen LogP contribution is 2.23. The second kappa shape index (κ2) is 5.47. The van der Waals surface area contributed by atoms with Crippen LogP contribution in [0.3, 0.4) is 0 Å². The SMILES string of the molecule is CCOC(=O)c1c(I)cc(Br)cc1C#N. The average Bonchev–Trinajstić information content (AvgIpc) is 2.16. The van der Waals surface area contributed by atoms with Crippen LogP contribution in [0.25, 0.3) is 0 Å². The number of rotatable bonds is 2. The van der Waals surface area contributed by atoms with Gasteiger partial charge in [-0.3, -0.25) is 0 Å². The van der Waals surface area contributed by atoms with Crippen LogP contribution in [0, 0.1) is 14.9 Å². The molecule has 3 nitrogen and oxygen atoms in total. The highest BCUT2D eigenvalue weighted by atomic mass is 127. The maximum atomic E-state index is 11.6. The van der Waals surface area contributed by atoms with Gasteiger partial charge in [0.1, 0.15) is 6.07 Å². The van der Waals surface area contributed by atoms with Crippen LogP contribution in [0.1, 0.15) is 22.8 Å². The lowest BCUT2D eigenvalue weighted by molar-refractivity contribution is 0.0524. The predicted octanol–water partition coefficient (Wildman–Crippen LogP) is 3.10. The molecule has 5 heteroatoms. The van der Waals surface area contributed by atoms with Crippen LogP contribution in [0.15, 0.2) is 16.6 Å². The standard InChI is InChI=1S/C10H7BrINO2/c1-2-15-10(14)9-6(5-13)3-7(11)4-8(9)12/h3-4H,2H2,1H3. The third kappa shape index (κ3) is 2.92. The first kappa shape index (κ1) is 12.5. The van der Waals surface area contributed by atoms with Gasteiger partial charge in [0.2, 0.25) is 0 Å². The van der Waals surface area contributed by atoms with Crippen LogP contribution in [0.4, 0.5) is 0 Å². The Morgan fingerprint density at radius 3 is 2.87 bits per heavy atom. The zero-order chi connectivity index (χ0) is 11.4. The fourth-order valence-electron chi connectivity index (χ4n) is 1.07. The summed E-state index contributed by atoms with van der Waals surface area (Å²) in [5.41, 5.74) is 0.662. The summed E-state index contributed by atoms with van der Waals surface area (Å²) < 4.78 is 6.36. The fraction of sp³-hybridized carbons (Fsp3) is 0.200. The Bertz CT molecular complexity index is 440. The summed E-state index contributed by atoms with van der Waals surface area (Å²) in [5, 5.41) is 8.90. The third-order valence-electron chi connectivity index (χ3n) is 1.66. The van der Waals surface area contributed by atoms with Crippen LogP contribution in [-0.4, -0.2) is 12.6 Å². The van der Waals surface area contributed by atoms with Crippen LogP contribution < -0.4 is 0 Å². The van der Waals surface area contributed by atoms with E-state index in [0.717, 1.165) is 4.47 Å². The number of hydrogen-bond donors (Lipinski definition) is 0. The third-order valence-corrected chi connectivity index (χ3v) is 2.96. The van der Waals surface area contributed by atoms with Gasteiger partial charge in [-0.25, -0.2) is 4.79 Å². The van der Waals surface area contributed by atoms with Gasteiger partial charge in [0, 0.05) is 8.04 Å². The number of ether oxygens (including phenoxy) is 1. The van der Waals surface area contributed by atoms with Gasteiger partial charge in [0.25, 0.3) is 0 Å². The van der Waals surface area contributed by atoms with Crippen LogP contribution in [0.2, 0.25) is 0 Å². The Hall–Kier alpha value is -0.610. The molecule has 0 N–H and O–H groups in total. The minimum absolute atomic E-state index is 0.301. The summed E-state index contributed by atoms with van der Waals surface area (Å²) in [4.78, 5) is 11.6. The van der Waals surface area contributed by atoms with E-state index in [9.17, 15) is 4.79 Å². The molecule has 0 heterocycles. The highest BCUT2D eigenvalue weighted by molar-refractivity contribution is 14.1. The Kier molecular flexibility index (Phi) is 4.54. The van der Waals surface area contributed by atoms with Crippen molar-refractivity contribution in [2.75, 3.05) is 6.61 Å². The molecular weight excluding hydrogens is 373 g/mol. The van der Waals surface area contributed by atoms with E-state index in [-0.39, 0.29) is 0 Å². The molecular formula is C10H7BrINO2. The van der Waals surface area contributed by atoms with E-state index in [2.05, 4.69) is 15.9 Å². The summed E-state index contributed by atoms with van der Waals surface area (Å²) in [6, 6.07) is 5.36. The van der Waals surface area contributed by atoms with Gasteiger partial charge in [0.15, 0.2) is 0 Å². The van der Waals surface area contributed by atoms with E-state index >= 15 is 0 Å². The van der Waals surface area contributed by atoms with Crippen molar-refractivity contribution >= 4 is 44.5 Å². The number of carbonyl (C=O) groups is 1. The largest absolute Gasteiger partial charge is 0.462 e. The number of halogens is 2. The van der Waals surface area contributed by atoms with Gasteiger partial charge in [-0.15, -0.1) is 0 Å².